The minimum atomic E-state index is 0.0586. The zero-order valence-corrected chi connectivity index (χ0v) is 8.15. The van der Waals surface area contributed by atoms with E-state index in [0.29, 0.717) is 0 Å². The zero-order chi connectivity index (χ0) is 9.47. The van der Waals surface area contributed by atoms with Crippen LogP contribution in [0.25, 0.3) is 5.52 Å². The lowest BCUT2D eigenvalue weighted by Gasteiger charge is -2.14. The number of pyridine rings is 1. The lowest BCUT2D eigenvalue weighted by molar-refractivity contribution is 0.571. The van der Waals surface area contributed by atoms with Crippen LogP contribution in [0.15, 0.2) is 24.4 Å². The maximum Gasteiger partial charge on any atom is 0.0958 e. The Morgan fingerprint density at radius 2 is 2.00 bits per heavy atom. The Bertz CT molecular complexity index is 423. The van der Waals surface area contributed by atoms with Crippen LogP contribution in [0, 0.1) is 0 Å². The van der Waals surface area contributed by atoms with Gasteiger partial charge in [0, 0.05) is 11.6 Å². The predicted octanol–water partition coefficient (Wildman–Crippen LogP) is 2.03. The summed E-state index contributed by atoms with van der Waals surface area (Å²) in [5.74, 6) is 0. The van der Waals surface area contributed by atoms with Gasteiger partial charge >= 0.3 is 0 Å². The maximum atomic E-state index is 4.18. The van der Waals surface area contributed by atoms with E-state index in [9.17, 15) is 0 Å². The van der Waals surface area contributed by atoms with Crippen LogP contribution in [0.2, 0.25) is 0 Å². The molecule has 2 heterocycles. The molecule has 0 amide bonds. The Kier molecular flexibility index (Phi) is 1.62. The molecule has 0 atom stereocenters. The minimum absolute atomic E-state index is 0.0586. The van der Waals surface area contributed by atoms with Gasteiger partial charge in [-0.2, -0.15) is 0 Å². The van der Waals surface area contributed by atoms with Crippen molar-refractivity contribution in [3.05, 3.63) is 30.1 Å². The molecule has 68 valence electrons. The highest BCUT2D eigenvalue weighted by atomic mass is 15.4. The smallest absolute Gasteiger partial charge is 0.0958 e. The van der Waals surface area contributed by atoms with E-state index in [-0.39, 0.29) is 5.41 Å². The third-order valence-electron chi connectivity index (χ3n) is 2.03. The first-order valence-corrected chi connectivity index (χ1v) is 4.39. The Morgan fingerprint density at radius 1 is 1.23 bits per heavy atom. The van der Waals surface area contributed by atoms with Gasteiger partial charge in [0.1, 0.15) is 0 Å². The lowest BCUT2D eigenvalue weighted by Crippen LogP contribution is -2.12. The van der Waals surface area contributed by atoms with E-state index in [2.05, 4.69) is 31.1 Å². The van der Waals surface area contributed by atoms with Crippen LogP contribution >= 0.6 is 0 Å². The van der Waals surface area contributed by atoms with Crippen molar-refractivity contribution in [2.75, 3.05) is 0 Å². The number of fused-ring (bicyclic) bond motifs is 1. The van der Waals surface area contributed by atoms with Gasteiger partial charge in [0.05, 0.1) is 11.2 Å². The molecule has 0 radical (unpaired) electrons. The molecule has 3 nitrogen and oxygen atoms in total. The molecule has 0 aliphatic heterocycles. The molecule has 2 aromatic rings. The second-order valence-electron chi connectivity index (χ2n) is 4.22. The summed E-state index contributed by atoms with van der Waals surface area (Å²) in [4.78, 5) is 0. The van der Waals surface area contributed by atoms with Gasteiger partial charge in [0.15, 0.2) is 0 Å². The first kappa shape index (κ1) is 8.23. The Morgan fingerprint density at radius 3 is 2.69 bits per heavy atom. The highest BCUT2D eigenvalue weighted by molar-refractivity contribution is 5.52. The lowest BCUT2D eigenvalue weighted by atomic mass is 9.91. The van der Waals surface area contributed by atoms with E-state index in [4.69, 9.17) is 0 Å². The fourth-order valence-corrected chi connectivity index (χ4v) is 1.38. The molecule has 0 saturated heterocycles. The van der Waals surface area contributed by atoms with Crippen molar-refractivity contribution < 1.29 is 0 Å². The quantitative estimate of drug-likeness (QED) is 0.613. The molecule has 0 saturated carbocycles. The highest BCUT2D eigenvalue weighted by Crippen LogP contribution is 2.23. The summed E-state index contributed by atoms with van der Waals surface area (Å²) in [7, 11) is 0. The van der Waals surface area contributed by atoms with Crippen LogP contribution in [0.3, 0.4) is 0 Å². The van der Waals surface area contributed by atoms with Gasteiger partial charge in [-0.15, -0.1) is 5.10 Å². The third-order valence-corrected chi connectivity index (χ3v) is 2.03. The van der Waals surface area contributed by atoms with Crippen LogP contribution in [0.4, 0.5) is 0 Å². The second-order valence-corrected chi connectivity index (χ2v) is 4.22. The van der Waals surface area contributed by atoms with Crippen LogP contribution < -0.4 is 0 Å². The summed E-state index contributed by atoms with van der Waals surface area (Å²) in [6.45, 7) is 6.43. The SMILES string of the molecule is CC(C)(C)c1nnn2ccccc12. The van der Waals surface area contributed by atoms with Gasteiger partial charge in [-0.25, -0.2) is 4.52 Å². The van der Waals surface area contributed by atoms with Crippen LogP contribution in [0.5, 0.6) is 0 Å². The zero-order valence-electron chi connectivity index (χ0n) is 8.15. The first-order chi connectivity index (χ1) is 6.09. The van der Waals surface area contributed by atoms with Crippen molar-refractivity contribution in [3.8, 4) is 0 Å². The van der Waals surface area contributed by atoms with Crippen molar-refractivity contribution in [1.29, 1.82) is 0 Å². The fourth-order valence-electron chi connectivity index (χ4n) is 1.38. The summed E-state index contributed by atoms with van der Waals surface area (Å²) in [5, 5.41) is 8.23. The van der Waals surface area contributed by atoms with Crippen molar-refractivity contribution in [2.45, 2.75) is 26.2 Å². The molecule has 2 rings (SSSR count). The van der Waals surface area contributed by atoms with E-state index >= 15 is 0 Å². The number of hydrogen-bond donors (Lipinski definition) is 0. The average molecular weight is 175 g/mol. The maximum absolute atomic E-state index is 4.18. The topological polar surface area (TPSA) is 30.2 Å². The molecule has 0 aliphatic carbocycles. The normalized spacial score (nSPS) is 12.2. The van der Waals surface area contributed by atoms with Gasteiger partial charge in [-0.1, -0.05) is 32.1 Å². The second kappa shape index (κ2) is 2.55. The minimum Gasteiger partial charge on any atom is -0.220 e. The van der Waals surface area contributed by atoms with Crippen molar-refractivity contribution in [2.24, 2.45) is 0 Å². The number of nitrogens with zero attached hydrogens (tertiary/aromatic N) is 3. The van der Waals surface area contributed by atoms with Gasteiger partial charge in [0.25, 0.3) is 0 Å². The van der Waals surface area contributed by atoms with Crippen LogP contribution in [-0.4, -0.2) is 14.8 Å². The average Bonchev–Trinajstić information content (AvgIpc) is 2.45. The number of rotatable bonds is 0. The monoisotopic (exact) mass is 175 g/mol. The van der Waals surface area contributed by atoms with E-state index < -0.39 is 0 Å². The summed E-state index contributed by atoms with van der Waals surface area (Å²) in [6, 6.07) is 6.00. The third kappa shape index (κ3) is 1.30. The molecule has 0 unspecified atom stereocenters. The predicted molar refractivity (Wildman–Crippen MR) is 51.7 cm³/mol. The molecule has 2 aromatic heterocycles. The van der Waals surface area contributed by atoms with Gasteiger partial charge in [0.2, 0.25) is 0 Å². The molecule has 0 spiro atoms. The first-order valence-electron chi connectivity index (χ1n) is 4.39. The largest absolute Gasteiger partial charge is 0.220 e. The Hall–Kier alpha value is -1.38. The van der Waals surface area contributed by atoms with E-state index in [1.807, 2.05) is 24.4 Å². The summed E-state index contributed by atoms with van der Waals surface area (Å²) < 4.78 is 1.81. The molecule has 13 heavy (non-hydrogen) atoms. The molecular formula is C10H13N3. The Labute approximate surface area is 77.4 Å². The highest BCUT2D eigenvalue weighted by Gasteiger charge is 2.20. The van der Waals surface area contributed by atoms with E-state index in [1.165, 1.54) is 0 Å². The van der Waals surface area contributed by atoms with E-state index in [1.54, 1.807) is 4.52 Å². The number of aromatic nitrogens is 3. The molecule has 0 aromatic carbocycles. The molecule has 0 fully saturated rings. The number of hydrogen-bond acceptors (Lipinski definition) is 2. The summed E-state index contributed by atoms with van der Waals surface area (Å²) in [6.07, 6.45) is 1.91. The summed E-state index contributed by atoms with van der Waals surface area (Å²) >= 11 is 0. The van der Waals surface area contributed by atoms with Gasteiger partial charge < -0.3 is 0 Å². The van der Waals surface area contributed by atoms with Crippen LogP contribution in [0.1, 0.15) is 26.5 Å². The van der Waals surface area contributed by atoms with Crippen molar-refractivity contribution >= 4 is 5.52 Å². The fraction of sp³-hybridized carbons (Fsp3) is 0.400. The van der Waals surface area contributed by atoms with Gasteiger partial charge in [-0.3, -0.25) is 0 Å². The standard InChI is InChI=1S/C10H13N3/c1-10(2,3)9-8-6-4-5-7-13(8)12-11-9/h4-7H,1-3H3. The van der Waals surface area contributed by atoms with Crippen molar-refractivity contribution in [3.63, 3.8) is 0 Å². The molecule has 0 bridgehead atoms. The van der Waals surface area contributed by atoms with E-state index in [0.717, 1.165) is 11.2 Å². The summed E-state index contributed by atoms with van der Waals surface area (Å²) in [5.41, 5.74) is 2.20. The molecular weight excluding hydrogens is 162 g/mol. The van der Waals surface area contributed by atoms with Crippen LogP contribution in [-0.2, 0) is 5.41 Å². The Balaban J connectivity index is 2.72. The molecule has 0 aliphatic rings. The van der Waals surface area contributed by atoms with Gasteiger partial charge in [-0.05, 0) is 12.1 Å². The molecule has 0 N–H and O–H groups in total. The molecule has 3 heteroatoms. The van der Waals surface area contributed by atoms with Crippen molar-refractivity contribution in [1.82, 2.24) is 14.8 Å².